The fourth-order valence-corrected chi connectivity index (χ4v) is 4.62. The summed E-state index contributed by atoms with van der Waals surface area (Å²) in [4.78, 5) is 24.2. The van der Waals surface area contributed by atoms with Gasteiger partial charge in [-0.2, -0.15) is 0 Å². The predicted octanol–water partition coefficient (Wildman–Crippen LogP) is 7.22. The highest BCUT2D eigenvalue weighted by Crippen LogP contribution is 2.30. The number of carboxylic acids is 1. The minimum absolute atomic E-state index is 0.0287. The highest BCUT2D eigenvalue weighted by Gasteiger charge is 2.22. The second-order valence-electron chi connectivity index (χ2n) is 8.93. The van der Waals surface area contributed by atoms with E-state index >= 15 is 0 Å². The molecule has 35 heavy (non-hydrogen) atoms. The van der Waals surface area contributed by atoms with E-state index in [2.05, 4.69) is 0 Å². The van der Waals surface area contributed by atoms with Gasteiger partial charge in [-0.15, -0.1) is 0 Å². The third kappa shape index (κ3) is 7.96. The van der Waals surface area contributed by atoms with Crippen LogP contribution in [0.2, 0.25) is 10.0 Å². The number of aliphatic carboxylic acids is 1. The number of hydrogen-bond acceptors (Lipinski definition) is 3. The molecule has 0 amide bonds. The van der Waals surface area contributed by atoms with Crippen LogP contribution < -0.4 is 0 Å². The molecule has 1 N–H and O–H groups in total. The maximum absolute atomic E-state index is 13.2. The highest BCUT2D eigenvalue weighted by atomic mass is 35.5. The molecule has 1 aromatic heterocycles. The third-order valence-corrected chi connectivity index (χ3v) is 6.42. The standard InChI is InChI=1S/C28H31Cl2NO4/c1-19(14-28(33)34)13-27(32)24-17-26(21-8-6-10-23(30)16-21)31(2)25(24)11-3-4-12-35-18-20-7-5-9-22(29)15-20/h5-10,15-17,19H,3-4,11-14,18H2,1-2H3,(H,33,34)/t19-/m0/s1. The lowest BCUT2D eigenvalue weighted by molar-refractivity contribution is -0.137. The normalized spacial score (nSPS) is 12.0. The van der Waals surface area contributed by atoms with Crippen LogP contribution >= 0.6 is 23.2 Å². The number of ether oxygens (including phenoxy) is 1. The summed E-state index contributed by atoms with van der Waals surface area (Å²) in [5.74, 6) is -1.16. The van der Waals surface area contributed by atoms with Crippen molar-refractivity contribution in [1.29, 1.82) is 0 Å². The molecule has 1 heterocycles. The number of carboxylic acid groups (broad SMARTS) is 1. The average Bonchev–Trinajstić information content (AvgIpc) is 3.12. The van der Waals surface area contributed by atoms with Gasteiger partial charge >= 0.3 is 5.97 Å². The Bertz CT molecular complexity index is 1170. The van der Waals surface area contributed by atoms with Crippen LogP contribution in [0.15, 0.2) is 54.6 Å². The zero-order valence-electron chi connectivity index (χ0n) is 20.1. The van der Waals surface area contributed by atoms with Gasteiger partial charge in [0.25, 0.3) is 0 Å². The second kappa shape index (κ2) is 12.9. The van der Waals surface area contributed by atoms with E-state index < -0.39 is 5.97 Å². The van der Waals surface area contributed by atoms with Crippen molar-refractivity contribution in [3.63, 3.8) is 0 Å². The first kappa shape index (κ1) is 27.0. The van der Waals surface area contributed by atoms with E-state index in [0.29, 0.717) is 35.2 Å². The maximum atomic E-state index is 13.2. The molecule has 0 fully saturated rings. The van der Waals surface area contributed by atoms with Crippen molar-refractivity contribution in [2.45, 2.75) is 45.6 Å². The van der Waals surface area contributed by atoms with E-state index in [4.69, 9.17) is 33.0 Å². The van der Waals surface area contributed by atoms with Gasteiger partial charge in [0.2, 0.25) is 0 Å². The number of Topliss-reactive ketones (excluding diaryl/α,β-unsaturated/α-hetero) is 1. The number of nitrogens with zero attached hydrogens (tertiary/aromatic N) is 1. The van der Waals surface area contributed by atoms with Gasteiger partial charge in [-0.25, -0.2) is 0 Å². The molecular weight excluding hydrogens is 485 g/mol. The maximum Gasteiger partial charge on any atom is 0.303 e. The monoisotopic (exact) mass is 515 g/mol. The van der Waals surface area contributed by atoms with Gasteiger partial charge in [0, 0.05) is 53.5 Å². The minimum atomic E-state index is -0.893. The van der Waals surface area contributed by atoms with Gasteiger partial charge in [0.05, 0.1) is 6.61 Å². The molecule has 0 aliphatic carbocycles. The number of carbonyl (C=O) groups is 2. The number of carbonyl (C=O) groups excluding carboxylic acids is 1. The van der Waals surface area contributed by atoms with Crippen molar-refractivity contribution in [3.8, 4) is 11.3 Å². The summed E-state index contributed by atoms with van der Waals surface area (Å²) in [6.45, 7) is 2.91. The number of aromatic nitrogens is 1. The lowest BCUT2D eigenvalue weighted by Crippen LogP contribution is -2.12. The Kier molecular flexibility index (Phi) is 9.96. The first-order valence-corrected chi connectivity index (χ1v) is 12.5. The third-order valence-electron chi connectivity index (χ3n) is 5.95. The topological polar surface area (TPSA) is 68.5 Å². The molecule has 1 atom stereocenters. The van der Waals surface area contributed by atoms with Crippen molar-refractivity contribution >= 4 is 35.0 Å². The largest absolute Gasteiger partial charge is 0.481 e. The Balaban J connectivity index is 1.69. The molecule has 0 radical (unpaired) electrons. The van der Waals surface area contributed by atoms with Crippen LogP contribution in [-0.2, 0) is 29.6 Å². The summed E-state index contributed by atoms with van der Waals surface area (Å²) in [5.41, 5.74) is 4.48. The molecule has 0 bridgehead atoms. The van der Waals surface area contributed by atoms with Crippen molar-refractivity contribution in [2.24, 2.45) is 13.0 Å². The fourth-order valence-electron chi connectivity index (χ4n) is 4.22. The molecule has 3 aromatic rings. The highest BCUT2D eigenvalue weighted by molar-refractivity contribution is 6.31. The Morgan fingerprint density at radius 1 is 1.00 bits per heavy atom. The van der Waals surface area contributed by atoms with Crippen molar-refractivity contribution in [2.75, 3.05) is 6.61 Å². The molecule has 0 saturated carbocycles. The molecule has 0 saturated heterocycles. The van der Waals surface area contributed by atoms with E-state index in [9.17, 15) is 9.59 Å². The summed E-state index contributed by atoms with van der Waals surface area (Å²) in [6.07, 6.45) is 2.58. The summed E-state index contributed by atoms with van der Waals surface area (Å²) >= 11 is 12.2. The summed E-state index contributed by atoms with van der Waals surface area (Å²) < 4.78 is 7.84. The van der Waals surface area contributed by atoms with Crippen LogP contribution in [0.4, 0.5) is 0 Å². The molecule has 3 rings (SSSR count). The van der Waals surface area contributed by atoms with Crippen LogP contribution in [0.1, 0.15) is 54.2 Å². The number of benzene rings is 2. The Morgan fingerprint density at radius 2 is 1.71 bits per heavy atom. The Hall–Kier alpha value is -2.60. The summed E-state index contributed by atoms with van der Waals surface area (Å²) in [7, 11) is 1.96. The first-order valence-electron chi connectivity index (χ1n) is 11.8. The molecule has 186 valence electrons. The fraction of sp³-hybridized carbons (Fsp3) is 0.357. The van der Waals surface area contributed by atoms with Gasteiger partial charge in [-0.05, 0) is 66.6 Å². The van der Waals surface area contributed by atoms with E-state index in [0.717, 1.165) is 35.4 Å². The van der Waals surface area contributed by atoms with Crippen molar-refractivity contribution in [1.82, 2.24) is 4.57 Å². The van der Waals surface area contributed by atoms with Gasteiger partial charge < -0.3 is 14.4 Å². The molecule has 0 unspecified atom stereocenters. The van der Waals surface area contributed by atoms with Gasteiger partial charge in [-0.3, -0.25) is 9.59 Å². The number of unbranched alkanes of at least 4 members (excludes halogenated alkanes) is 1. The van der Waals surface area contributed by atoms with Crippen molar-refractivity contribution < 1.29 is 19.4 Å². The minimum Gasteiger partial charge on any atom is -0.481 e. The van der Waals surface area contributed by atoms with Gasteiger partial charge in [-0.1, -0.05) is 54.4 Å². The van der Waals surface area contributed by atoms with Crippen LogP contribution in [-0.4, -0.2) is 28.0 Å². The molecule has 0 spiro atoms. The predicted molar refractivity (Wildman–Crippen MR) is 140 cm³/mol. The van der Waals surface area contributed by atoms with E-state index in [-0.39, 0.29) is 24.5 Å². The molecular formula is C28H31Cl2NO4. The SMILES string of the molecule is C[C@H](CC(=O)O)CC(=O)c1cc(-c2cccc(Cl)c2)n(C)c1CCCCOCc1cccc(Cl)c1. The summed E-state index contributed by atoms with van der Waals surface area (Å²) in [5, 5.41) is 10.4. The van der Waals surface area contributed by atoms with Crippen LogP contribution in [0.5, 0.6) is 0 Å². The van der Waals surface area contributed by atoms with E-state index in [1.807, 2.05) is 66.2 Å². The molecule has 7 heteroatoms. The molecule has 0 aliphatic heterocycles. The number of rotatable bonds is 13. The number of hydrogen-bond donors (Lipinski definition) is 1. The molecule has 2 aromatic carbocycles. The lowest BCUT2D eigenvalue weighted by atomic mass is 9.96. The Labute approximate surface area is 216 Å². The number of halogens is 2. The van der Waals surface area contributed by atoms with Gasteiger partial charge in [0.15, 0.2) is 5.78 Å². The molecule has 5 nitrogen and oxygen atoms in total. The van der Waals surface area contributed by atoms with Crippen molar-refractivity contribution in [3.05, 3.63) is 81.5 Å². The Morgan fingerprint density at radius 3 is 2.40 bits per heavy atom. The second-order valence-corrected chi connectivity index (χ2v) is 9.80. The zero-order valence-corrected chi connectivity index (χ0v) is 21.6. The van der Waals surface area contributed by atoms with E-state index in [1.165, 1.54) is 0 Å². The lowest BCUT2D eigenvalue weighted by Gasteiger charge is -2.11. The van der Waals surface area contributed by atoms with Gasteiger partial charge in [0.1, 0.15) is 0 Å². The zero-order chi connectivity index (χ0) is 25.4. The van der Waals surface area contributed by atoms with Crippen LogP contribution in [0.25, 0.3) is 11.3 Å². The number of ketones is 1. The smallest absolute Gasteiger partial charge is 0.303 e. The van der Waals surface area contributed by atoms with E-state index in [1.54, 1.807) is 6.92 Å². The first-order chi connectivity index (χ1) is 16.7. The quantitative estimate of drug-likeness (QED) is 0.192. The average molecular weight is 516 g/mol. The van der Waals surface area contributed by atoms with Crippen LogP contribution in [0, 0.1) is 5.92 Å². The van der Waals surface area contributed by atoms with Crippen LogP contribution in [0.3, 0.4) is 0 Å². The molecule has 0 aliphatic rings. The summed E-state index contributed by atoms with van der Waals surface area (Å²) in [6, 6.07) is 17.1.